The van der Waals surface area contributed by atoms with Gasteiger partial charge in [0.25, 0.3) is 0 Å². The summed E-state index contributed by atoms with van der Waals surface area (Å²) in [4.78, 5) is 54.7. The summed E-state index contributed by atoms with van der Waals surface area (Å²) in [5.74, 6) is -2.25. The number of hydrogen-bond donors (Lipinski definition) is 2. The third kappa shape index (κ3) is 3.24. The lowest BCUT2D eigenvalue weighted by Gasteiger charge is -2.55. The molecule has 3 fully saturated rings. The van der Waals surface area contributed by atoms with E-state index < -0.39 is 53.4 Å². The minimum atomic E-state index is -1.78. The van der Waals surface area contributed by atoms with Gasteiger partial charge in [0, 0.05) is 13.0 Å². The average molecular weight is 550 g/mol. The number of aromatic nitrogens is 1. The van der Waals surface area contributed by atoms with E-state index in [1.54, 1.807) is 17.9 Å². The largest absolute Gasteiger partial charge is 0.447 e. The lowest BCUT2D eigenvalue weighted by Crippen LogP contribution is -2.75. The number of amides is 5. The van der Waals surface area contributed by atoms with Crippen LogP contribution in [-0.4, -0.2) is 60.5 Å². The van der Waals surface area contributed by atoms with Gasteiger partial charge in [0.15, 0.2) is 17.1 Å². The van der Waals surface area contributed by atoms with Crippen LogP contribution in [0.4, 0.5) is 25.5 Å². The fourth-order valence-electron chi connectivity index (χ4n) is 6.69. The Kier molecular flexibility index (Phi) is 5.20. The van der Waals surface area contributed by atoms with Gasteiger partial charge in [-0.05, 0) is 31.0 Å². The molecule has 0 unspecified atom stereocenters. The van der Waals surface area contributed by atoms with Crippen LogP contribution in [0.3, 0.4) is 0 Å². The number of barbiturate groups is 1. The Morgan fingerprint density at radius 3 is 2.52 bits per heavy atom. The molecule has 4 aliphatic rings. The summed E-state index contributed by atoms with van der Waals surface area (Å²) in [6, 6.07) is 8.43. The fraction of sp³-hybridized carbons (Fsp3) is 0.370. The number of imide groups is 2. The molecule has 3 aromatic rings. The number of nitrogens with zero attached hydrogens (tertiary/aromatic N) is 3. The molecule has 7 rings (SSSR count). The summed E-state index contributed by atoms with van der Waals surface area (Å²) in [6.45, 7) is 3.76. The number of carbonyl (C=O) groups excluding carboxylic acids is 4. The Morgan fingerprint density at radius 2 is 1.80 bits per heavy atom. The standard InChI is InChI=1S/C27H24FN5O7/c1-12-10-32-19-15(9-27(21(32)13(2)39-12)23(34)29-25(36)30-24(27)35)8-16-20(18(19)28)40-31-22(16)33-17(11-38-26(33)37)14-6-4-3-5-7-14/h3-8,12-13,17,21H,9-11H2,1-2H3,(H2,29,30,34,35,36)/t12-,13+,17-,21-/m0/s1. The number of halogens is 1. The van der Waals surface area contributed by atoms with Gasteiger partial charge in [-0.25, -0.2) is 18.9 Å². The normalized spacial score (nSPS) is 27.4. The van der Waals surface area contributed by atoms with Crippen molar-refractivity contribution >= 4 is 46.4 Å². The fourth-order valence-corrected chi connectivity index (χ4v) is 6.69. The molecular formula is C27H24FN5O7. The number of benzene rings is 2. The Bertz CT molecular complexity index is 1590. The van der Waals surface area contributed by atoms with Gasteiger partial charge in [0.1, 0.15) is 12.6 Å². The molecule has 13 heteroatoms. The van der Waals surface area contributed by atoms with E-state index in [0.29, 0.717) is 5.56 Å². The molecule has 5 amide bonds. The van der Waals surface area contributed by atoms with E-state index in [1.165, 1.54) is 4.90 Å². The van der Waals surface area contributed by atoms with Crippen LogP contribution in [0.2, 0.25) is 0 Å². The zero-order valence-corrected chi connectivity index (χ0v) is 21.5. The molecule has 3 saturated heterocycles. The maximum Gasteiger partial charge on any atom is 0.416 e. The molecule has 40 heavy (non-hydrogen) atoms. The number of fused-ring (bicyclic) bond motifs is 5. The molecule has 0 bridgehead atoms. The van der Waals surface area contributed by atoms with Crippen LogP contribution in [-0.2, 0) is 25.5 Å². The zero-order valence-electron chi connectivity index (χ0n) is 21.5. The Labute approximate surface area is 226 Å². The highest BCUT2D eigenvalue weighted by Crippen LogP contribution is 2.50. The number of morpholine rings is 1. The highest BCUT2D eigenvalue weighted by Gasteiger charge is 2.63. The number of urea groups is 1. The SMILES string of the molecule is C[C@H]1CN2c3c(cc4c(N5C(=O)OC[C@H]5c5ccccc5)noc4c3F)CC3(C(=O)NC(=O)NC3=O)[C@@H]2[C@@H](C)O1. The molecule has 1 spiro atoms. The van der Waals surface area contributed by atoms with Crippen molar-refractivity contribution in [2.75, 3.05) is 23.0 Å². The van der Waals surface area contributed by atoms with Gasteiger partial charge in [0.05, 0.1) is 29.3 Å². The van der Waals surface area contributed by atoms with Crippen molar-refractivity contribution < 1.29 is 37.6 Å². The molecule has 4 aliphatic heterocycles. The predicted octanol–water partition coefficient (Wildman–Crippen LogP) is 2.56. The number of carbonyl (C=O) groups is 4. The summed E-state index contributed by atoms with van der Waals surface area (Å²) in [7, 11) is 0. The first-order valence-corrected chi connectivity index (χ1v) is 12.9. The van der Waals surface area contributed by atoms with E-state index in [4.69, 9.17) is 14.0 Å². The van der Waals surface area contributed by atoms with E-state index in [9.17, 15) is 19.2 Å². The first-order valence-electron chi connectivity index (χ1n) is 12.9. The molecule has 1 aromatic heterocycles. The Morgan fingerprint density at radius 1 is 1.07 bits per heavy atom. The minimum absolute atomic E-state index is 0.0562. The van der Waals surface area contributed by atoms with Gasteiger partial charge in [-0.2, -0.15) is 0 Å². The maximum absolute atomic E-state index is 16.4. The van der Waals surface area contributed by atoms with Crippen molar-refractivity contribution in [3.8, 4) is 0 Å². The van der Waals surface area contributed by atoms with E-state index in [2.05, 4.69) is 15.8 Å². The Hall–Kier alpha value is -4.52. The third-order valence-electron chi connectivity index (χ3n) is 8.23. The second kappa shape index (κ2) is 8.49. The van der Waals surface area contributed by atoms with Crippen LogP contribution in [0.15, 0.2) is 40.9 Å². The van der Waals surface area contributed by atoms with E-state index in [0.717, 1.165) is 5.56 Å². The zero-order chi connectivity index (χ0) is 27.9. The first-order chi connectivity index (χ1) is 19.2. The molecule has 2 N–H and O–H groups in total. The molecule has 0 radical (unpaired) electrons. The van der Waals surface area contributed by atoms with E-state index in [-0.39, 0.29) is 48.2 Å². The average Bonchev–Trinajstić information content (AvgIpc) is 3.50. The summed E-state index contributed by atoms with van der Waals surface area (Å²) < 4.78 is 33.2. The summed E-state index contributed by atoms with van der Waals surface area (Å²) in [5.41, 5.74) is -0.669. The lowest BCUT2D eigenvalue weighted by molar-refractivity contribution is -0.153. The van der Waals surface area contributed by atoms with Gasteiger partial charge in [-0.15, -0.1) is 0 Å². The van der Waals surface area contributed by atoms with Gasteiger partial charge < -0.3 is 18.9 Å². The topological polar surface area (TPSA) is 143 Å². The van der Waals surface area contributed by atoms with Crippen LogP contribution in [0.5, 0.6) is 0 Å². The number of hydrogen-bond acceptors (Lipinski definition) is 9. The molecule has 0 saturated carbocycles. The number of ether oxygens (including phenoxy) is 2. The van der Waals surface area contributed by atoms with Crippen molar-refractivity contribution in [3.05, 3.63) is 53.3 Å². The second-order valence-corrected chi connectivity index (χ2v) is 10.6. The highest BCUT2D eigenvalue weighted by molar-refractivity contribution is 6.20. The molecule has 206 valence electrons. The summed E-state index contributed by atoms with van der Waals surface area (Å²) >= 11 is 0. The number of cyclic esters (lactones) is 1. The van der Waals surface area contributed by atoms with Crippen LogP contribution in [0.25, 0.3) is 11.0 Å². The quantitative estimate of drug-likeness (QED) is 0.461. The lowest BCUT2D eigenvalue weighted by atomic mass is 9.66. The smallest absolute Gasteiger partial charge is 0.416 e. The van der Waals surface area contributed by atoms with Crippen molar-refractivity contribution in [2.45, 2.75) is 44.6 Å². The van der Waals surface area contributed by atoms with Crippen LogP contribution < -0.4 is 20.4 Å². The van der Waals surface area contributed by atoms with Crippen molar-refractivity contribution in [2.24, 2.45) is 5.41 Å². The first kappa shape index (κ1) is 24.5. The summed E-state index contributed by atoms with van der Waals surface area (Å²) in [5, 5.41) is 8.69. The van der Waals surface area contributed by atoms with Crippen molar-refractivity contribution in [3.63, 3.8) is 0 Å². The number of anilines is 2. The van der Waals surface area contributed by atoms with Crippen LogP contribution in [0.1, 0.15) is 31.0 Å². The van der Waals surface area contributed by atoms with E-state index >= 15 is 4.39 Å². The monoisotopic (exact) mass is 549 g/mol. The molecule has 0 aliphatic carbocycles. The molecule has 5 heterocycles. The van der Waals surface area contributed by atoms with Crippen molar-refractivity contribution in [1.29, 1.82) is 0 Å². The molecule has 12 nitrogen and oxygen atoms in total. The highest BCUT2D eigenvalue weighted by atomic mass is 19.1. The maximum atomic E-state index is 16.4. The number of nitrogens with one attached hydrogen (secondary N) is 2. The van der Waals surface area contributed by atoms with Gasteiger partial charge in [-0.1, -0.05) is 35.5 Å². The van der Waals surface area contributed by atoms with Gasteiger partial charge >= 0.3 is 12.1 Å². The van der Waals surface area contributed by atoms with Crippen LogP contribution >= 0.6 is 0 Å². The third-order valence-corrected chi connectivity index (χ3v) is 8.23. The van der Waals surface area contributed by atoms with E-state index in [1.807, 2.05) is 37.3 Å². The van der Waals surface area contributed by atoms with Gasteiger partial charge in [0.2, 0.25) is 17.4 Å². The van der Waals surface area contributed by atoms with Crippen molar-refractivity contribution in [1.82, 2.24) is 15.8 Å². The predicted molar refractivity (Wildman–Crippen MR) is 136 cm³/mol. The number of rotatable bonds is 2. The van der Waals surface area contributed by atoms with Crippen LogP contribution in [0, 0.1) is 11.2 Å². The Balaban J connectivity index is 1.42. The summed E-state index contributed by atoms with van der Waals surface area (Å²) in [6.07, 6.45) is -1.90. The minimum Gasteiger partial charge on any atom is -0.447 e. The molecule has 2 aromatic carbocycles. The second-order valence-electron chi connectivity index (χ2n) is 10.6. The molecular weight excluding hydrogens is 525 g/mol. The molecule has 4 atom stereocenters. The van der Waals surface area contributed by atoms with Gasteiger partial charge in [-0.3, -0.25) is 20.2 Å².